The minimum atomic E-state index is -0.363. The van der Waals surface area contributed by atoms with E-state index in [1.165, 1.54) is 17.5 Å². The molecule has 0 aliphatic carbocycles. The van der Waals surface area contributed by atoms with Crippen LogP contribution in [0.25, 0.3) is 0 Å². The van der Waals surface area contributed by atoms with Crippen molar-refractivity contribution in [2.45, 2.75) is 46.6 Å². The first-order valence-corrected chi connectivity index (χ1v) is 15.3. The second kappa shape index (κ2) is 15.1. The lowest BCUT2D eigenvalue weighted by Gasteiger charge is -2.35. The zero-order chi connectivity index (χ0) is 30.9. The van der Waals surface area contributed by atoms with Gasteiger partial charge in [0.2, 0.25) is 5.91 Å². The number of para-hydroxylation sites is 1. The fraction of sp³-hybridized carbons (Fsp3) is 0.448. The van der Waals surface area contributed by atoms with Crippen LogP contribution in [0.1, 0.15) is 47.7 Å². The summed E-state index contributed by atoms with van der Waals surface area (Å²) >= 11 is 7.47. The second-order valence-electron chi connectivity index (χ2n) is 10.5. The Balaban J connectivity index is 1.24. The molecule has 1 aliphatic rings. The SMILES string of the molecule is Cc1nc(Nc2ncc(C(=O)Nc3c(C)cccc3Cl)s2)cc(N2CCN(CCOC(=O)CCC(=O)NC(C)C)CC2)n1. The number of halogens is 1. The molecule has 3 N–H and O–H groups in total. The number of nitrogens with zero attached hydrogens (tertiary/aromatic N) is 5. The minimum absolute atomic E-state index is 0.0490. The summed E-state index contributed by atoms with van der Waals surface area (Å²) in [5.41, 5.74) is 1.45. The van der Waals surface area contributed by atoms with Gasteiger partial charge in [-0.1, -0.05) is 35.1 Å². The Hall–Kier alpha value is -3.81. The predicted octanol–water partition coefficient (Wildman–Crippen LogP) is 4.17. The molecule has 3 aromatic rings. The zero-order valence-corrected chi connectivity index (χ0v) is 26.3. The minimum Gasteiger partial charge on any atom is -0.464 e. The highest BCUT2D eigenvalue weighted by molar-refractivity contribution is 7.17. The number of esters is 1. The van der Waals surface area contributed by atoms with Crippen molar-refractivity contribution in [3.05, 3.63) is 51.7 Å². The number of thiazole rings is 1. The summed E-state index contributed by atoms with van der Waals surface area (Å²) in [6.45, 7) is 11.5. The highest BCUT2D eigenvalue weighted by Crippen LogP contribution is 2.28. The number of nitrogens with one attached hydrogen (secondary N) is 3. The average Bonchev–Trinajstić information content (AvgIpc) is 3.42. The number of benzene rings is 1. The Labute approximate surface area is 260 Å². The van der Waals surface area contributed by atoms with Gasteiger partial charge in [-0.25, -0.2) is 15.0 Å². The molecule has 1 aromatic carbocycles. The van der Waals surface area contributed by atoms with Gasteiger partial charge in [0.15, 0.2) is 5.13 Å². The molecular formula is C29H37ClN8O4S. The molecule has 12 nitrogen and oxygen atoms in total. The van der Waals surface area contributed by atoms with E-state index in [1.807, 2.05) is 45.9 Å². The van der Waals surface area contributed by atoms with Gasteiger partial charge >= 0.3 is 5.97 Å². The number of carbonyl (C=O) groups excluding carboxylic acids is 3. The Morgan fingerprint density at radius 2 is 1.86 bits per heavy atom. The summed E-state index contributed by atoms with van der Waals surface area (Å²) in [5.74, 6) is 1.19. The molecule has 2 aromatic heterocycles. The standard InChI is InChI=1S/C29H37ClN8O4S/c1-18(2)32-25(39)8-9-26(40)42-15-14-37-10-12-38(13-11-37)24-16-23(33-20(4)34-24)35-29-31-17-22(43-29)28(41)36-27-19(3)6-5-7-21(27)30/h5-7,16-18H,8-15H2,1-4H3,(H,32,39)(H,36,41)(H,31,33,34,35). The molecule has 4 rings (SSSR count). The Bertz CT molecular complexity index is 1420. The number of carbonyl (C=O) groups is 3. The molecule has 0 saturated carbocycles. The molecule has 2 amide bonds. The van der Waals surface area contributed by atoms with Gasteiger partial charge in [-0.15, -0.1) is 0 Å². The van der Waals surface area contributed by atoms with Gasteiger partial charge in [-0.05, 0) is 39.3 Å². The number of aryl methyl sites for hydroxylation is 2. The molecule has 1 saturated heterocycles. The van der Waals surface area contributed by atoms with Gasteiger partial charge in [0.05, 0.1) is 23.3 Å². The Kier molecular flexibility index (Phi) is 11.3. The lowest BCUT2D eigenvalue weighted by atomic mass is 10.2. The van der Waals surface area contributed by atoms with Crippen LogP contribution in [0.3, 0.4) is 0 Å². The van der Waals surface area contributed by atoms with Crippen LogP contribution >= 0.6 is 22.9 Å². The van der Waals surface area contributed by atoms with Crippen molar-refractivity contribution in [2.75, 3.05) is 54.9 Å². The van der Waals surface area contributed by atoms with E-state index in [0.29, 0.717) is 38.9 Å². The van der Waals surface area contributed by atoms with E-state index in [2.05, 4.69) is 40.7 Å². The number of piperazine rings is 1. The van der Waals surface area contributed by atoms with E-state index >= 15 is 0 Å². The third-order valence-corrected chi connectivity index (χ3v) is 7.85. The van der Waals surface area contributed by atoms with E-state index in [-0.39, 0.29) is 43.3 Å². The van der Waals surface area contributed by atoms with Gasteiger partial charge in [0.1, 0.15) is 28.9 Å². The maximum absolute atomic E-state index is 12.8. The first-order chi connectivity index (χ1) is 20.6. The van der Waals surface area contributed by atoms with Crippen LogP contribution in [0.5, 0.6) is 0 Å². The molecule has 0 spiro atoms. The number of aromatic nitrogens is 3. The van der Waals surface area contributed by atoms with E-state index in [1.54, 1.807) is 6.07 Å². The Morgan fingerprint density at radius 1 is 1.09 bits per heavy atom. The summed E-state index contributed by atoms with van der Waals surface area (Å²) in [5, 5.41) is 9.84. The van der Waals surface area contributed by atoms with Crippen LogP contribution in [0.4, 0.5) is 22.5 Å². The number of rotatable bonds is 12. The molecule has 0 radical (unpaired) electrons. The van der Waals surface area contributed by atoms with Crippen LogP contribution in [0.15, 0.2) is 30.5 Å². The fourth-order valence-corrected chi connectivity index (χ4v) is 5.45. The smallest absolute Gasteiger partial charge is 0.306 e. The van der Waals surface area contributed by atoms with Crippen molar-refractivity contribution in [3.63, 3.8) is 0 Å². The topological polar surface area (TPSA) is 142 Å². The molecule has 14 heteroatoms. The summed E-state index contributed by atoms with van der Waals surface area (Å²) in [4.78, 5) is 54.8. The first kappa shape index (κ1) is 32.1. The van der Waals surface area contributed by atoms with Crippen molar-refractivity contribution in [3.8, 4) is 0 Å². The van der Waals surface area contributed by atoms with Gasteiger partial charge in [-0.3, -0.25) is 19.3 Å². The summed E-state index contributed by atoms with van der Waals surface area (Å²) in [7, 11) is 0. The zero-order valence-electron chi connectivity index (χ0n) is 24.8. The van der Waals surface area contributed by atoms with E-state index < -0.39 is 0 Å². The quantitative estimate of drug-likeness (QED) is 0.250. The van der Waals surface area contributed by atoms with Crippen molar-refractivity contribution >= 4 is 63.2 Å². The molecule has 0 bridgehead atoms. The molecule has 0 unspecified atom stereocenters. The third kappa shape index (κ3) is 9.60. The normalized spacial score (nSPS) is 13.6. The summed E-state index contributed by atoms with van der Waals surface area (Å²) in [6.07, 6.45) is 1.73. The Morgan fingerprint density at radius 3 is 2.58 bits per heavy atom. The fourth-order valence-electron chi connectivity index (χ4n) is 4.46. The van der Waals surface area contributed by atoms with Crippen LogP contribution in [0, 0.1) is 13.8 Å². The van der Waals surface area contributed by atoms with E-state index in [0.717, 1.165) is 37.6 Å². The number of amides is 2. The molecule has 230 valence electrons. The molecule has 1 fully saturated rings. The van der Waals surface area contributed by atoms with E-state index in [4.69, 9.17) is 16.3 Å². The van der Waals surface area contributed by atoms with Crippen LogP contribution in [-0.4, -0.2) is 83.0 Å². The van der Waals surface area contributed by atoms with Gasteiger partial charge < -0.3 is 25.6 Å². The maximum Gasteiger partial charge on any atom is 0.306 e. The predicted molar refractivity (Wildman–Crippen MR) is 168 cm³/mol. The van der Waals surface area contributed by atoms with Crippen LogP contribution < -0.4 is 20.9 Å². The largest absolute Gasteiger partial charge is 0.464 e. The number of hydrogen-bond acceptors (Lipinski definition) is 11. The lowest BCUT2D eigenvalue weighted by molar-refractivity contribution is -0.145. The molecular weight excluding hydrogens is 592 g/mol. The van der Waals surface area contributed by atoms with Crippen molar-refractivity contribution < 1.29 is 19.1 Å². The highest BCUT2D eigenvalue weighted by Gasteiger charge is 2.20. The monoisotopic (exact) mass is 628 g/mol. The lowest BCUT2D eigenvalue weighted by Crippen LogP contribution is -2.47. The van der Waals surface area contributed by atoms with Gasteiger partial charge in [0.25, 0.3) is 5.91 Å². The first-order valence-electron chi connectivity index (χ1n) is 14.1. The summed E-state index contributed by atoms with van der Waals surface area (Å²) < 4.78 is 5.32. The van der Waals surface area contributed by atoms with Gasteiger partial charge in [0, 0.05) is 51.3 Å². The summed E-state index contributed by atoms with van der Waals surface area (Å²) in [6, 6.07) is 7.37. The number of hydrogen-bond donors (Lipinski definition) is 3. The second-order valence-corrected chi connectivity index (χ2v) is 11.9. The third-order valence-electron chi connectivity index (χ3n) is 6.62. The van der Waals surface area contributed by atoms with Gasteiger partial charge in [-0.2, -0.15) is 0 Å². The molecule has 3 heterocycles. The molecule has 1 aliphatic heterocycles. The number of anilines is 4. The van der Waals surface area contributed by atoms with Crippen molar-refractivity contribution in [1.29, 1.82) is 0 Å². The number of ether oxygens (including phenoxy) is 1. The van der Waals surface area contributed by atoms with Crippen molar-refractivity contribution in [2.24, 2.45) is 0 Å². The van der Waals surface area contributed by atoms with Crippen molar-refractivity contribution in [1.82, 2.24) is 25.2 Å². The van der Waals surface area contributed by atoms with Crippen LogP contribution in [-0.2, 0) is 14.3 Å². The average molecular weight is 629 g/mol. The van der Waals surface area contributed by atoms with E-state index in [9.17, 15) is 14.4 Å². The highest BCUT2D eigenvalue weighted by atomic mass is 35.5. The maximum atomic E-state index is 12.8. The van der Waals surface area contributed by atoms with Crippen LogP contribution in [0.2, 0.25) is 5.02 Å². The molecule has 43 heavy (non-hydrogen) atoms. The molecule has 0 atom stereocenters.